The zero-order valence-corrected chi connectivity index (χ0v) is 13.1. The highest BCUT2D eigenvalue weighted by Gasteiger charge is 2.14. The van der Waals surface area contributed by atoms with Crippen molar-refractivity contribution < 1.29 is 10.0 Å². The van der Waals surface area contributed by atoms with Crippen molar-refractivity contribution in [1.29, 1.82) is 0 Å². The van der Waals surface area contributed by atoms with Crippen LogP contribution in [0.3, 0.4) is 0 Å². The first-order chi connectivity index (χ1) is 9.42. The largest absolute Gasteiger partial charge is 0.391 e. The molecule has 1 amide bonds. The summed E-state index contributed by atoms with van der Waals surface area (Å²) in [5, 5.41) is 11.8. The number of carbonyl (C=O) groups is 1. The van der Waals surface area contributed by atoms with E-state index >= 15 is 0 Å². The van der Waals surface area contributed by atoms with Crippen LogP contribution >= 0.6 is 0 Å². The Morgan fingerprint density at radius 2 is 1.95 bits per heavy atom. The molecule has 112 valence electrons. The van der Waals surface area contributed by atoms with Gasteiger partial charge in [0.05, 0.1) is 11.6 Å². The molecule has 0 saturated heterocycles. The van der Waals surface area contributed by atoms with Crippen molar-refractivity contribution in [3.63, 3.8) is 0 Å². The highest BCUT2D eigenvalue weighted by molar-refractivity contribution is 6.14. The molecule has 0 fully saturated rings. The van der Waals surface area contributed by atoms with Crippen LogP contribution in [-0.4, -0.2) is 30.9 Å². The third-order valence-electron chi connectivity index (χ3n) is 3.09. The zero-order valence-electron chi connectivity index (χ0n) is 13.1. The number of hydroxylamine groups is 1. The average molecular weight is 279 g/mol. The monoisotopic (exact) mass is 279 g/mol. The van der Waals surface area contributed by atoms with E-state index in [1.165, 1.54) is 0 Å². The second-order valence-electron chi connectivity index (χ2n) is 4.46. The summed E-state index contributed by atoms with van der Waals surface area (Å²) in [5.74, 6) is -0.903. The minimum Gasteiger partial charge on any atom is -0.391 e. The Morgan fingerprint density at radius 1 is 1.35 bits per heavy atom. The van der Waals surface area contributed by atoms with Crippen LogP contribution in [0.5, 0.6) is 0 Å². The Morgan fingerprint density at radius 3 is 2.35 bits per heavy atom. The maximum Gasteiger partial charge on any atom is 0.249 e. The Bertz CT molecular complexity index is 460. The van der Waals surface area contributed by atoms with Gasteiger partial charge in [-0.25, -0.2) is 5.48 Å². The molecule has 20 heavy (non-hydrogen) atoms. The highest BCUT2D eigenvalue weighted by atomic mass is 16.5. The molecule has 0 rings (SSSR count). The second-order valence-corrected chi connectivity index (χ2v) is 4.46. The van der Waals surface area contributed by atoms with Gasteiger partial charge in [-0.3, -0.25) is 15.0 Å². The molecule has 5 heteroatoms. The smallest absolute Gasteiger partial charge is 0.249 e. The van der Waals surface area contributed by atoms with Crippen LogP contribution in [0, 0.1) is 5.92 Å². The first kappa shape index (κ1) is 18.1. The fraction of sp³-hybridized carbons (Fsp3) is 0.467. The van der Waals surface area contributed by atoms with Crippen molar-refractivity contribution in [2.24, 2.45) is 10.9 Å². The van der Waals surface area contributed by atoms with E-state index < -0.39 is 11.8 Å². The molecule has 0 aliphatic carbocycles. The number of nitrogens with zero attached hydrogens (tertiary/aromatic N) is 1. The van der Waals surface area contributed by atoms with Crippen molar-refractivity contribution >= 4 is 11.6 Å². The molecule has 1 unspecified atom stereocenters. The van der Waals surface area contributed by atoms with Gasteiger partial charge in [0.1, 0.15) is 0 Å². The molecule has 1 atom stereocenters. The molecule has 3 N–H and O–H groups in total. The van der Waals surface area contributed by atoms with Crippen molar-refractivity contribution in [3.05, 3.63) is 35.1 Å². The van der Waals surface area contributed by atoms with Crippen molar-refractivity contribution in [3.8, 4) is 0 Å². The summed E-state index contributed by atoms with van der Waals surface area (Å²) in [6.45, 7) is 7.56. The standard InChI is InChI=1S/C15H25N3O2/c1-7-8-13(9-10(2)15(19)18-20)14(17-6)11(3)12(4)16-5/h7-10,16,20H,1-6H3,(H,18,19)/b8-7-,12-11+,13-9+,17-14?. The first-order valence-corrected chi connectivity index (χ1v) is 6.54. The van der Waals surface area contributed by atoms with Gasteiger partial charge < -0.3 is 5.32 Å². The van der Waals surface area contributed by atoms with Gasteiger partial charge >= 0.3 is 0 Å². The maximum absolute atomic E-state index is 11.4. The Balaban J connectivity index is 5.69. The summed E-state index contributed by atoms with van der Waals surface area (Å²) in [5.41, 5.74) is 5.34. The maximum atomic E-state index is 11.4. The predicted molar refractivity (Wildman–Crippen MR) is 82.8 cm³/mol. The summed E-state index contributed by atoms with van der Waals surface area (Å²) in [6.07, 6.45) is 5.57. The van der Waals surface area contributed by atoms with E-state index in [1.807, 2.05) is 40.0 Å². The van der Waals surface area contributed by atoms with Crippen LogP contribution in [0.25, 0.3) is 0 Å². The van der Waals surface area contributed by atoms with E-state index in [2.05, 4.69) is 10.3 Å². The molecular formula is C15H25N3O2. The fourth-order valence-electron chi connectivity index (χ4n) is 1.72. The van der Waals surface area contributed by atoms with Crippen LogP contribution in [0.15, 0.2) is 40.1 Å². The number of carbonyl (C=O) groups excluding carboxylic acids is 1. The molecule has 0 aromatic heterocycles. The molecule has 0 aliphatic heterocycles. The van der Waals surface area contributed by atoms with Crippen LogP contribution in [0.4, 0.5) is 0 Å². The molecular weight excluding hydrogens is 254 g/mol. The number of amides is 1. The molecule has 0 aromatic carbocycles. The van der Waals surface area contributed by atoms with Crippen molar-refractivity contribution in [2.45, 2.75) is 27.7 Å². The lowest BCUT2D eigenvalue weighted by atomic mass is 9.97. The van der Waals surface area contributed by atoms with Gasteiger partial charge in [-0.05, 0) is 38.8 Å². The van der Waals surface area contributed by atoms with Crippen LogP contribution in [0.2, 0.25) is 0 Å². The number of hydrogen-bond donors (Lipinski definition) is 3. The van der Waals surface area contributed by atoms with Gasteiger partial charge in [0.2, 0.25) is 5.91 Å². The van der Waals surface area contributed by atoms with Gasteiger partial charge in [0.25, 0.3) is 0 Å². The van der Waals surface area contributed by atoms with Crippen molar-refractivity contribution in [2.75, 3.05) is 14.1 Å². The molecule has 5 nitrogen and oxygen atoms in total. The second kappa shape index (κ2) is 9.09. The Labute approximate surface area is 121 Å². The zero-order chi connectivity index (χ0) is 15.7. The van der Waals surface area contributed by atoms with E-state index in [0.29, 0.717) is 0 Å². The molecule has 0 aromatic rings. The summed E-state index contributed by atoms with van der Waals surface area (Å²) in [6, 6.07) is 0. The molecule has 0 heterocycles. The van der Waals surface area contributed by atoms with Crippen LogP contribution < -0.4 is 10.8 Å². The Hall–Kier alpha value is -1.88. The van der Waals surface area contributed by atoms with Gasteiger partial charge in [0.15, 0.2) is 0 Å². The number of aliphatic imine (C=N–C) groups is 1. The summed E-state index contributed by atoms with van der Waals surface area (Å²) >= 11 is 0. The normalized spacial score (nSPS) is 15.9. The summed E-state index contributed by atoms with van der Waals surface area (Å²) < 4.78 is 0. The van der Waals surface area contributed by atoms with Gasteiger partial charge in [0, 0.05) is 19.8 Å². The number of rotatable bonds is 6. The quantitative estimate of drug-likeness (QED) is 0.302. The SMILES string of the molecule is C/C=C\C(=C/C(C)C(=O)NO)C(=NC)/C(C)=C(\C)NC. The summed E-state index contributed by atoms with van der Waals surface area (Å²) in [4.78, 5) is 15.7. The molecule has 0 spiro atoms. The number of hydrogen-bond acceptors (Lipinski definition) is 4. The molecule has 0 bridgehead atoms. The average Bonchev–Trinajstić information content (AvgIpc) is 2.45. The summed E-state index contributed by atoms with van der Waals surface area (Å²) in [7, 11) is 3.57. The lowest BCUT2D eigenvalue weighted by molar-refractivity contribution is -0.131. The number of nitrogens with one attached hydrogen (secondary N) is 2. The van der Waals surface area contributed by atoms with E-state index in [4.69, 9.17) is 5.21 Å². The Kier molecular flexibility index (Phi) is 8.24. The minimum absolute atomic E-state index is 0.450. The third-order valence-corrected chi connectivity index (χ3v) is 3.09. The first-order valence-electron chi connectivity index (χ1n) is 6.54. The van der Waals surface area contributed by atoms with E-state index in [1.54, 1.807) is 25.5 Å². The van der Waals surface area contributed by atoms with Crippen LogP contribution in [-0.2, 0) is 4.79 Å². The fourth-order valence-corrected chi connectivity index (χ4v) is 1.72. The molecule has 0 aliphatic rings. The van der Waals surface area contributed by atoms with Gasteiger partial charge in [-0.2, -0.15) is 0 Å². The van der Waals surface area contributed by atoms with Crippen LogP contribution in [0.1, 0.15) is 27.7 Å². The van der Waals surface area contributed by atoms with Gasteiger partial charge in [-0.15, -0.1) is 0 Å². The lowest BCUT2D eigenvalue weighted by Gasteiger charge is -2.13. The van der Waals surface area contributed by atoms with Gasteiger partial charge in [-0.1, -0.05) is 18.2 Å². The van der Waals surface area contributed by atoms with E-state index in [0.717, 1.165) is 22.6 Å². The number of allylic oxidation sites excluding steroid dienone is 5. The third kappa shape index (κ3) is 5.01. The lowest BCUT2D eigenvalue weighted by Crippen LogP contribution is -2.25. The van der Waals surface area contributed by atoms with Crippen molar-refractivity contribution in [1.82, 2.24) is 10.8 Å². The molecule has 0 radical (unpaired) electrons. The van der Waals surface area contributed by atoms with E-state index in [9.17, 15) is 4.79 Å². The molecule has 0 saturated carbocycles. The van der Waals surface area contributed by atoms with E-state index in [-0.39, 0.29) is 0 Å². The highest BCUT2D eigenvalue weighted by Crippen LogP contribution is 2.15. The topological polar surface area (TPSA) is 73.7 Å². The predicted octanol–water partition coefficient (Wildman–Crippen LogP) is 2.21. The minimum atomic E-state index is -0.453.